The highest BCUT2D eigenvalue weighted by molar-refractivity contribution is 7.92. The molecule has 1 amide bonds. The molecule has 1 fully saturated rings. The number of carbonyl (C=O) groups excluding carboxylic acids is 1. The number of ether oxygens (including phenoxy) is 1. The van der Waals surface area contributed by atoms with E-state index >= 15 is 0 Å². The van der Waals surface area contributed by atoms with E-state index in [0.29, 0.717) is 48.0 Å². The number of sulfone groups is 2. The maximum absolute atomic E-state index is 13.7. The number of amides is 1. The Kier molecular flexibility index (Phi) is 7.66. The Morgan fingerprint density at radius 1 is 1.08 bits per heavy atom. The SMILES string of the molecule is Cc1cc(S(=O)(=O)C2CCC(S(C)(=O)=O)CC2)cc2c(Nc3cccc4c3CCO4)c(C(N)=O)cnc12.Cl. The molecule has 1 saturated carbocycles. The minimum atomic E-state index is -3.76. The predicted octanol–water partition coefficient (Wildman–Crippen LogP) is 3.87. The van der Waals surface area contributed by atoms with Gasteiger partial charge in [-0.2, -0.15) is 0 Å². The van der Waals surface area contributed by atoms with Crippen molar-refractivity contribution in [3.05, 3.63) is 53.2 Å². The van der Waals surface area contributed by atoms with Crippen LogP contribution in [0.25, 0.3) is 10.9 Å². The fourth-order valence-corrected chi connectivity index (χ4v) is 8.40. The van der Waals surface area contributed by atoms with E-state index in [4.69, 9.17) is 10.5 Å². The minimum absolute atomic E-state index is 0. The molecule has 0 radical (unpaired) electrons. The molecule has 0 spiro atoms. The summed E-state index contributed by atoms with van der Waals surface area (Å²) in [7, 11) is -6.98. The quantitative estimate of drug-likeness (QED) is 0.447. The van der Waals surface area contributed by atoms with Gasteiger partial charge in [-0.15, -0.1) is 12.4 Å². The van der Waals surface area contributed by atoms with Crippen molar-refractivity contribution in [3.63, 3.8) is 0 Å². The molecular formula is C26H30ClN3O6S2. The number of pyridine rings is 1. The molecule has 1 aliphatic carbocycles. The van der Waals surface area contributed by atoms with E-state index in [-0.39, 0.29) is 35.7 Å². The molecule has 204 valence electrons. The van der Waals surface area contributed by atoms with Gasteiger partial charge in [-0.1, -0.05) is 6.07 Å². The van der Waals surface area contributed by atoms with Crippen molar-refractivity contribution in [1.82, 2.24) is 4.98 Å². The minimum Gasteiger partial charge on any atom is -0.493 e. The Bertz CT molecular complexity index is 1630. The lowest BCUT2D eigenvalue weighted by molar-refractivity contribution is 0.100. The molecule has 3 aromatic rings. The highest BCUT2D eigenvalue weighted by Gasteiger charge is 2.36. The van der Waals surface area contributed by atoms with Crippen molar-refractivity contribution >= 4 is 60.3 Å². The van der Waals surface area contributed by atoms with Gasteiger partial charge in [0.25, 0.3) is 5.91 Å². The van der Waals surface area contributed by atoms with Crippen LogP contribution in [0.4, 0.5) is 11.4 Å². The second kappa shape index (κ2) is 10.3. The first-order valence-corrected chi connectivity index (χ1v) is 15.6. The first-order valence-electron chi connectivity index (χ1n) is 12.1. The smallest absolute Gasteiger partial charge is 0.252 e. The van der Waals surface area contributed by atoms with Crippen LogP contribution < -0.4 is 15.8 Å². The fraction of sp³-hybridized carbons (Fsp3) is 0.385. The number of aromatic nitrogens is 1. The van der Waals surface area contributed by atoms with Gasteiger partial charge in [0.15, 0.2) is 9.84 Å². The average Bonchev–Trinajstić information content (AvgIpc) is 3.33. The van der Waals surface area contributed by atoms with E-state index in [1.807, 2.05) is 18.2 Å². The van der Waals surface area contributed by atoms with E-state index < -0.39 is 36.1 Å². The lowest BCUT2D eigenvalue weighted by Crippen LogP contribution is -2.32. The summed E-state index contributed by atoms with van der Waals surface area (Å²) < 4.78 is 56.9. The van der Waals surface area contributed by atoms with Gasteiger partial charge in [0.2, 0.25) is 0 Å². The summed E-state index contributed by atoms with van der Waals surface area (Å²) in [6, 6.07) is 8.73. The molecule has 1 aliphatic heterocycles. The maximum atomic E-state index is 13.7. The zero-order valence-electron chi connectivity index (χ0n) is 21.1. The number of fused-ring (bicyclic) bond motifs is 2. The van der Waals surface area contributed by atoms with Crippen LogP contribution in [0.2, 0.25) is 0 Å². The van der Waals surface area contributed by atoms with E-state index in [1.54, 1.807) is 19.1 Å². The standard InChI is InChI=1S/C26H29N3O6S2.ClH/c1-15-12-18(37(33,34)17-8-6-16(7-9-17)36(2,31)32)13-20-24(15)28-14-21(26(27)30)25(20)29-22-4-3-5-23-19(22)10-11-35-23;/h3-5,12-14,16-17H,6-11H2,1-2H3,(H2,27,30)(H,28,29);1H. The van der Waals surface area contributed by atoms with Crippen LogP contribution in [0, 0.1) is 6.92 Å². The molecule has 0 atom stereocenters. The Morgan fingerprint density at radius 2 is 1.76 bits per heavy atom. The number of halogens is 1. The van der Waals surface area contributed by atoms with Gasteiger partial charge >= 0.3 is 0 Å². The number of rotatable bonds is 6. The van der Waals surface area contributed by atoms with Gasteiger partial charge in [-0.05, 0) is 62.4 Å². The van der Waals surface area contributed by atoms with Gasteiger partial charge in [-0.3, -0.25) is 9.78 Å². The number of hydrogen-bond acceptors (Lipinski definition) is 8. The molecule has 2 aromatic carbocycles. The summed E-state index contributed by atoms with van der Waals surface area (Å²) in [5, 5.41) is 2.60. The summed E-state index contributed by atoms with van der Waals surface area (Å²) in [5.74, 6) is 0.0684. The molecule has 0 saturated heterocycles. The van der Waals surface area contributed by atoms with Crippen molar-refractivity contribution < 1.29 is 26.4 Å². The number of aryl methyl sites for hydroxylation is 1. The van der Waals surface area contributed by atoms with Crippen LogP contribution in [0.3, 0.4) is 0 Å². The molecule has 38 heavy (non-hydrogen) atoms. The van der Waals surface area contributed by atoms with E-state index in [2.05, 4.69) is 10.3 Å². The molecule has 0 bridgehead atoms. The van der Waals surface area contributed by atoms with Crippen molar-refractivity contribution in [2.75, 3.05) is 18.2 Å². The number of primary amides is 1. The second-order valence-electron chi connectivity index (χ2n) is 9.83. The number of nitrogens with one attached hydrogen (secondary N) is 1. The first-order chi connectivity index (χ1) is 17.5. The zero-order valence-corrected chi connectivity index (χ0v) is 23.5. The summed E-state index contributed by atoms with van der Waals surface area (Å²) in [6.07, 6.45) is 4.48. The van der Waals surface area contributed by atoms with Crippen molar-refractivity contribution in [1.29, 1.82) is 0 Å². The van der Waals surface area contributed by atoms with Gasteiger partial charge in [0, 0.05) is 35.5 Å². The van der Waals surface area contributed by atoms with Crippen LogP contribution in [0.15, 0.2) is 41.4 Å². The summed E-state index contributed by atoms with van der Waals surface area (Å²) in [4.78, 5) is 16.9. The number of benzene rings is 2. The van der Waals surface area contributed by atoms with E-state index in [0.717, 1.165) is 17.0 Å². The molecule has 2 aliphatic rings. The van der Waals surface area contributed by atoms with Crippen LogP contribution in [0.5, 0.6) is 5.75 Å². The Hall–Kier alpha value is -2.89. The fourth-order valence-electron chi connectivity index (χ4n) is 5.37. The average molecular weight is 580 g/mol. The van der Waals surface area contributed by atoms with Gasteiger partial charge < -0.3 is 15.8 Å². The Morgan fingerprint density at radius 3 is 2.42 bits per heavy atom. The van der Waals surface area contributed by atoms with Gasteiger partial charge in [0.1, 0.15) is 15.6 Å². The number of nitrogens with two attached hydrogens (primary N) is 1. The number of hydrogen-bond donors (Lipinski definition) is 2. The summed E-state index contributed by atoms with van der Waals surface area (Å²) in [5.41, 5.74) is 9.12. The highest BCUT2D eigenvalue weighted by Crippen LogP contribution is 2.39. The normalized spacial score (nSPS) is 19.3. The lowest BCUT2D eigenvalue weighted by atomic mass is 10.00. The Balaban J connectivity index is 0.00000336. The maximum Gasteiger partial charge on any atom is 0.252 e. The van der Waals surface area contributed by atoms with E-state index in [9.17, 15) is 21.6 Å². The highest BCUT2D eigenvalue weighted by atomic mass is 35.5. The molecule has 12 heteroatoms. The topological polar surface area (TPSA) is 146 Å². The largest absolute Gasteiger partial charge is 0.493 e. The zero-order chi connectivity index (χ0) is 26.5. The number of carbonyl (C=O) groups is 1. The van der Waals surface area contributed by atoms with Gasteiger partial charge in [-0.25, -0.2) is 16.8 Å². The van der Waals surface area contributed by atoms with E-state index in [1.165, 1.54) is 12.5 Å². The van der Waals surface area contributed by atoms with Crippen LogP contribution >= 0.6 is 12.4 Å². The molecule has 3 N–H and O–H groups in total. The Labute approximate surface area is 228 Å². The monoisotopic (exact) mass is 579 g/mol. The third-order valence-corrected chi connectivity index (χ3v) is 11.3. The molecule has 2 heterocycles. The van der Waals surface area contributed by atoms with Crippen molar-refractivity contribution in [3.8, 4) is 5.75 Å². The molecule has 0 unspecified atom stereocenters. The molecule has 5 rings (SSSR count). The second-order valence-corrected chi connectivity index (χ2v) is 14.4. The summed E-state index contributed by atoms with van der Waals surface area (Å²) in [6.45, 7) is 2.33. The van der Waals surface area contributed by atoms with Crippen LogP contribution in [-0.2, 0) is 26.1 Å². The summed E-state index contributed by atoms with van der Waals surface area (Å²) >= 11 is 0. The number of nitrogens with zero attached hydrogens (tertiary/aromatic N) is 1. The molecular weight excluding hydrogens is 550 g/mol. The third-order valence-electron chi connectivity index (χ3n) is 7.40. The predicted molar refractivity (Wildman–Crippen MR) is 149 cm³/mol. The first kappa shape index (κ1) is 28.1. The van der Waals surface area contributed by atoms with Crippen molar-refractivity contribution in [2.24, 2.45) is 5.73 Å². The lowest BCUT2D eigenvalue weighted by Gasteiger charge is -2.27. The number of anilines is 2. The van der Waals surface area contributed by atoms with Gasteiger partial charge in [0.05, 0.1) is 38.8 Å². The third kappa shape index (κ3) is 5.06. The van der Waals surface area contributed by atoms with Crippen LogP contribution in [-0.4, -0.2) is 51.1 Å². The molecule has 9 nitrogen and oxygen atoms in total. The van der Waals surface area contributed by atoms with Crippen molar-refractivity contribution in [2.45, 2.75) is 54.4 Å². The van der Waals surface area contributed by atoms with Crippen LogP contribution in [0.1, 0.15) is 47.2 Å². The molecule has 1 aromatic heterocycles.